The van der Waals surface area contributed by atoms with Crippen LogP contribution in [0.5, 0.6) is 5.75 Å². The largest absolute Gasteiger partial charge is 0.507 e. The van der Waals surface area contributed by atoms with E-state index in [1.165, 1.54) is 17.7 Å². The summed E-state index contributed by atoms with van der Waals surface area (Å²) in [5.41, 5.74) is 6.01. The Morgan fingerprint density at radius 1 is 0.939 bits per heavy atom. The third-order valence-corrected chi connectivity index (χ3v) is 5.14. The van der Waals surface area contributed by atoms with Gasteiger partial charge in [-0.1, -0.05) is 48.0 Å². The molecule has 7 nitrogen and oxygen atoms in total. The lowest BCUT2D eigenvalue weighted by Crippen LogP contribution is -2.24. The van der Waals surface area contributed by atoms with Gasteiger partial charge in [-0.15, -0.1) is 0 Å². The highest BCUT2D eigenvalue weighted by atomic mass is 16.4. The molecule has 0 unspecified atom stereocenters. The van der Waals surface area contributed by atoms with Gasteiger partial charge in [0.1, 0.15) is 17.0 Å². The van der Waals surface area contributed by atoms with Crippen molar-refractivity contribution in [2.75, 3.05) is 14.1 Å². The fourth-order valence-electron chi connectivity index (χ4n) is 3.27. The van der Waals surface area contributed by atoms with Crippen molar-refractivity contribution in [2.24, 2.45) is 0 Å². The molecule has 33 heavy (non-hydrogen) atoms. The van der Waals surface area contributed by atoms with Crippen LogP contribution in [0.1, 0.15) is 27.2 Å². The summed E-state index contributed by atoms with van der Waals surface area (Å²) in [5.74, 6) is -1.24. The maximum absolute atomic E-state index is 12.3. The SMILES string of the molecule is Cc1ccc(-c2nc3ccc(C)cn3c2CC(=O)N(C)C)cc1.O=C(O)c1ccccc1O. The van der Waals surface area contributed by atoms with Gasteiger partial charge in [-0.05, 0) is 37.6 Å². The summed E-state index contributed by atoms with van der Waals surface area (Å²) in [6, 6.07) is 18.1. The van der Waals surface area contributed by atoms with E-state index in [1.54, 1.807) is 31.1 Å². The number of aromatic nitrogens is 2. The molecule has 0 spiro atoms. The van der Waals surface area contributed by atoms with Crippen LogP contribution in [0, 0.1) is 13.8 Å². The molecule has 4 aromatic rings. The number of carboxylic acid groups (broad SMARTS) is 1. The molecular weight excluding hydrogens is 418 g/mol. The van der Waals surface area contributed by atoms with Gasteiger partial charge in [0, 0.05) is 25.9 Å². The Balaban J connectivity index is 0.000000257. The van der Waals surface area contributed by atoms with Crippen molar-refractivity contribution in [3.8, 4) is 17.0 Å². The van der Waals surface area contributed by atoms with E-state index in [1.807, 2.05) is 29.7 Å². The Kier molecular flexibility index (Phi) is 7.13. The van der Waals surface area contributed by atoms with Gasteiger partial charge in [-0.25, -0.2) is 9.78 Å². The lowest BCUT2D eigenvalue weighted by atomic mass is 10.1. The number of carboxylic acids is 1. The first-order chi connectivity index (χ1) is 15.7. The van der Waals surface area contributed by atoms with E-state index in [0.29, 0.717) is 6.42 Å². The Morgan fingerprint density at radius 3 is 2.15 bits per heavy atom. The number of aromatic hydroxyl groups is 1. The molecule has 7 heteroatoms. The van der Waals surface area contributed by atoms with Crippen LogP contribution in [0.4, 0.5) is 0 Å². The minimum Gasteiger partial charge on any atom is -0.507 e. The van der Waals surface area contributed by atoms with Gasteiger partial charge in [0.2, 0.25) is 5.91 Å². The van der Waals surface area contributed by atoms with Crippen molar-refractivity contribution in [1.29, 1.82) is 0 Å². The molecule has 2 aromatic heterocycles. The number of aryl methyl sites for hydroxylation is 2. The first-order valence-corrected chi connectivity index (χ1v) is 10.4. The van der Waals surface area contributed by atoms with E-state index >= 15 is 0 Å². The van der Waals surface area contributed by atoms with Crippen molar-refractivity contribution < 1.29 is 19.8 Å². The number of imidazole rings is 1. The topological polar surface area (TPSA) is 95.1 Å². The number of hydrogen-bond acceptors (Lipinski definition) is 4. The normalized spacial score (nSPS) is 10.4. The highest BCUT2D eigenvalue weighted by Gasteiger charge is 2.18. The van der Waals surface area contributed by atoms with Crippen LogP contribution in [0.3, 0.4) is 0 Å². The number of nitrogens with zero attached hydrogens (tertiary/aromatic N) is 3. The maximum Gasteiger partial charge on any atom is 0.339 e. The van der Waals surface area contributed by atoms with Crippen molar-refractivity contribution in [2.45, 2.75) is 20.3 Å². The Hall–Kier alpha value is -4.13. The third-order valence-electron chi connectivity index (χ3n) is 5.14. The molecule has 2 heterocycles. The smallest absolute Gasteiger partial charge is 0.339 e. The molecule has 0 aliphatic heterocycles. The lowest BCUT2D eigenvalue weighted by molar-refractivity contribution is -0.128. The van der Waals surface area contributed by atoms with Crippen LogP contribution in [-0.4, -0.2) is 50.5 Å². The fourth-order valence-corrected chi connectivity index (χ4v) is 3.27. The van der Waals surface area contributed by atoms with Crippen LogP contribution < -0.4 is 0 Å². The molecule has 0 aliphatic carbocycles. The third kappa shape index (κ3) is 5.57. The second kappa shape index (κ2) is 9.99. The quantitative estimate of drug-likeness (QED) is 0.487. The second-order valence-electron chi connectivity index (χ2n) is 8.00. The Morgan fingerprint density at radius 2 is 1.58 bits per heavy atom. The number of carbonyl (C=O) groups is 2. The summed E-state index contributed by atoms with van der Waals surface area (Å²) in [4.78, 5) is 28.9. The summed E-state index contributed by atoms with van der Waals surface area (Å²) in [6.45, 7) is 4.11. The number of likely N-dealkylation sites (N-methyl/N-ethyl adjacent to an activating group) is 1. The Bertz CT molecular complexity index is 1290. The van der Waals surface area contributed by atoms with Gasteiger partial charge in [-0.3, -0.25) is 4.79 Å². The molecule has 0 radical (unpaired) electrons. The van der Waals surface area contributed by atoms with E-state index in [2.05, 4.69) is 31.2 Å². The molecular formula is C26H27N3O4. The fraction of sp³-hybridized carbons (Fsp3) is 0.192. The first kappa shape index (κ1) is 23.5. The minimum atomic E-state index is -1.11. The number of benzene rings is 2. The second-order valence-corrected chi connectivity index (χ2v) is 8.00. The zero-order chi connectivity index (χ0) is 24.1. The van der Waals surface area contributed by atoms with Crippen molar-refractivity contribution >= 4 is 17.5 Å². The highest BCUT2D eigenvalue weighted by molar-refractivity contribution is 5.90. The summed E-state index contributed by atoms with van der Waals surface area (Å²) in [6.07, 6.45) is 2.37. The number of carbonyl (C=O) groups excluding carboxylic acids is 1. The monoisotopic (exact) mass is 445 g/mol. The zero-order valence-corrected chi connectivity index (χ0v) is 19.1. The van der Waals surface area contributed by atoms with Crippen LogP contribution in [0.25, 0.3) is 16.9 Å². The predicted molar refractivity (Wildman–Crippen MR) is 128 cm³/mol. The van der Waals surface area contributed by atoms with Gasteiger partial charge < -0.3 is 19.5 Å². The van der Waals surface area contributed by atoms with E-state index in [9.17, 15) is 9.59 Å². The molecule has 0 saturated heterocycles. The van der Waals surface area contributed by atoms with E-state index in [4.69, 9.17) is 15.2 Å². The summed E-state index contributed by atoms with van der Waals surface area (Å²) < 4.78 is 2.03. The van der Waals surface area contributed by atoms with Crippen LogP contribution >= 0.6 is 0 Å². The van der Waals surface area contributed by atoms with Crippen LogP contribution in [0.2, 0.25) is 0 Å². The minimum absolute atomic E-state index is 0.0671. The van der Waals surface area contributed by atoms with Gasteiger partial charge in [0.15, 0.2) is 0 Å². The lowest BCUT2D eigenvalue weighted by Gasteiger charge is -2.11. The van der Waals surface area contributed by atoms with E-state index in [-0.39, 0.29) is 17.2 Å². The van der Waals surface area contributed by atoms with Gasteiger partial charge >= 0.3 is 5.97 Å². The number of fused-ring (bicyclic) bond motifs is 1. The van der Waals surface area contributed by atoms with Crippen LogP contribution in [-0.2, 0) is 11.2 Å². The molecule has 0 fully saturated rings. The van der Waals surface area contributed by atoms with Gasteiger partial charge in [-0.2, -0.15) is 0 Å². The predicted octanol–water partition coefficient (Wildman–Crippen LogP) is 4.34. The number of aromatic carboxylic acids is 1. The number of amides is 1. The van der Waals surface area contributed by atoms with Crippen molar-refractivity contribution in [3.05, 3.63) is 89.2 Å². The average molecular weight is 446 g/mol. The van der Waals surface area contributed by atoms with Crippen molar-refractivity contribution in [1.82, 2.24) is 14.3 Å². The molecule has 4 rings (SSSR count). The summed E-state index contributed by atoms with van der Waals surface area (Å²) >= 11 is 0. The molecule has 2 aromatic carbocycles. The molecule has 0 saturated carbocycles. The molecule has 1 amide bonds. The van der Waals surface area contributed by atoms with E-state index in [0.717, 1.165) is 28.2 Å². The Labute approximate surface area is 192 Å². The summed E-state index contributed by atoms with van der Waals surface area (Å²) in [5, 5.41) is 17.3. The number of phenols is 1. The van der Waals surface area contributed by atoms with Gasteiger partial charge in [0.25, 0.3) is 0 Å². The van der Waals surface area contributed by atoms with E-state index < -0.39 is 5.97 Å². The number of rotatable bonds is 4. The molecule has 0 aliphatic rings. The number of hydrogen-bond donors (Lipinski definition) is 2. The maximum atomic E-state index is 12.3. The molecule has 0 atom stereocenters. The zero-order valence-electron chi connectivity index (χ0n) is 19.1. The highest BCUT2D eigenvalue weighted by Crippen LogP contribution is 2.26. The molecule has 0 bridgehead atoms. The van der Waals surface area contributed by atoms with Crippen LogP contribution in [0.15, 0.2) is 66.9 Å². The number of para-hydroxylation sites is 1. The average Bonchev–Trinajstić information content (AvgIpc) is 3.12. The first-order valence-electron chi connectivity index (χ1n) is 10.4. The number of pyridine rings is 1. The molecule has 2 N–H and O–H groups in total. The van der Waals surface area contributed by atoms with Gasteiger partial charge in [0.05, 0.1) is 17.8 Å². The van der Waals surface area contributed by atoms with Crippen molar-refractivity contribution in [3.63, 3.8) is 0 Å². The summed E-state index contributed by atoms with van der Waals surface area (Å²) in [7, 11) is 3.56. The molecule has 170 valence electrons. The standard InChI is InChI=1S/C19H21N3O.C7H6O3/c1-13-5-8-15(9-6-13)19-16(11-18(23)21(3)4)22-12-14(2)7-10-17(22)20-19;8-6-4-2-1-3-5(6)7(9)10/h5-10,12H,11H2,1-4H3;1-4,8H,(H,9,10).